The lowest BCUT2D eigenvalue weighted by molar-refractivity contribution is -0.128. The van der Waals surface area contributed by atoms with Gasteiger partial charge in [0, 0.05) is 38.3 Å². The Morgan fingerprint density at radius 3 is 1.40 bits per heavy atom. The second-order valence-corrected chi connectivity index (χ2v) is 7.90. The van der Waals surface area contributed by atoms with Gasteiger partial charge in [-0.1, -0.05) is 12.1 Å². The van der Waals surface area contributed by atoms with Crippen LogP contribution >= 0.6 is 0 Å². The Kier molecular flexibility index (Phi) is 9.17. The lowest BCUT2D eigenvalue weighted by Crippen LogP contribution is -2.36. The Balaban J connectivity index is 1.57. The molecule has 0 unspecified atom stereocenters. The van der Waals surface area contributed by atoms with Crippen LogP contribution in [-0.2, 0) is 9.59 Å². The van der Waals surface area contributed by atoms with Crippen LogP contribution in [0.2, 0.25) is 0 Å². The molecule has 2 aromatic carbocycles. The molecule has 1 heterocycles. The van der Waals surface area contributed by atoms with Gasteiger partial charge in [-0.25, -0.2) is 0 Å². The highest BCUT2D eigenvalue weighted by molar-refractivity contribution is 5.93. The molecule has 0 saturated carbocycles. The Morgan fingerprint density at radius 2 is 1.03 bits per heavy atom. The Hall–Kier alpha value is -3.94. The predicted octanol–water partition coefficient (Wildman–Crippen LogP) is 3.51. The first-order valence-electron chi connectivity index (χ1n) is 11.4. The maximum atomic E-state index is 12.7. The van der Waals surface area contributed by atoms with Gasteiger partial charge in [-0.15, -0.1) is 0 Å². The largest absolute Gasteiger partial charge is 0.493 e. The van der Waals surface area contributed by atoms with Gasteiger partial charge in [-0.05, 0) is 54.0 Å². The number of hydrogen-bond donors (Lipinski definition) is 0. The van der Waals surface area contributed by atoms with E-state index < -0.39 is 0 Å². The number of amides is 2. The van der Waals surface area contributed by atoms with Crippen LogP contribution in [0.4, 0.5) is 0 Å². The van der Waals surface area contributed by atoms with Crippen molar-refractivity contribution in [2.24, 2.45) is 0 Å². The molecule has 1 aliphatic rings. The molecule has 1 saturated heterocycles. The SMILES string of the molecule is COc1ccc(/C=C\C(=O)N2CCCN(C(=O)/C=C\c3ccc(OC)c(OC)c3)CC2)cc1OC. The Morgan fingerprint density at radius 1 is 0.629 bits per heavy atom. The monoisotopic (exact) mass is 480 g/mol. The fraction of sp³-hybridized carbons (Fsp3) is 0.333. The maximum Gasteiger partial charge on any atom is 0.246 e. The summed E-state index contributed by atoms with van der Waals surface area (Å²) in [5.41, 5.74) is 1.67. The maximum absolute atomic E-state index is 12.7. The number of hydrogen-bond acceptors (Lipinski definition) is 6. The van der Waals surface area contributed by atoms with E-state index in [0.29, 0.717) is 55.6 Å². The summed E-state index contributed by atoms with van der Waals surface area (Å²) in [5, 5.41) is 0. The van der Waals surface area contributed by atoms with E-state index >= 15 is 0 Å². The molecular formula is C27H32N2O6. The van der Waals surface area contributed by atoms with Gasteiger partial charge < -0.3 is 28.7 Å². The zero-order valence-corrected chi connectivity index (χ0v) is 20.7. The minimum atomic E-state index is -0.0880. The number of carbonyl (C=O) groups is 2. The lowest BCUT2D eigenvalue weighted by Gasteiger charge is -2.20. The van der Waals surface area contributed by atoms with E-state index in [1.807, 2.05) is 24.3 Å². The molecule has 0 aromatic heterocycles. The van der Waals surface area contributed by atoms with Gasteiger partial charge in [0.05, 0.1) is 28.4 Å². The summed E-state index contributed by atoms with van der Waals surface area (Å²) in [4.78, 5) is 29.0. The molecule has 2 aromatic rings. The van der Waals surface area contributed by atoms with E-state index in [2.05, 4.69) is 0 Å². The van der Waals surface area contributed by atoms with E-state index in [0.717, 1.165) is 11.1 Å². The molecule has 0 atom stereocenters. The fourth-order valence-corrected chi connectivity index (χ4v) is 3.82. The first-order valence-corrected chi connectivity index (χ1v) is 11.4. The van der Waals surface area contributed by atoms with Crippen molar-refractivity contribution in [1.82, 2.24) is 9.80 Å². The standard InChI is InChI=1S/C27H32N2O6/c1-32-22-10-6-20(18-24(22)34-3)8-12-26(30)28-14-5-15-29(17-16-28)27(31)13-9-21-7-11-23(33-2)25(19-21)35-4/h6-13,18-19H,5,14-17H2,1-4H3/b12-8-,13-9-. The first-order chi connectivity index (χ1) is 17.0. The molecule has 0 bridgehead atoms. The molecule has 2 amide bonds. The first kappa shape index (κ1) is 25.7. The van der Waals surface area contributed by atoms with Crippen molar-refractivity contribution in [3.63, 3.8) is 0 Å². The van der Waals surface area contributed by atoms with Crippen molar-refractivity contribution in [2.45, 2.75) is 6.42 Å². The van der Waals surface area contributed by atoms with E-state index in [4.69, 9.17) is 18.9 Å². The van der Waals surface area contributed by atoms with Gasteiger partial charge in [0.1, 0.15) is 0 Å². The molecule has 0 radical (unpaired) electrons. The van der Waals surface area contributed by atoms with Gasteiger partial charge in [0.2, 0.25) is 11.8 Å². The highest BCUT2D eigenvalue weighted by atomic mass is 16.5. The van der Waals surface area contributed by atoms with Crippen molar-refractivity contribution in [2.75, 3.05) is 54.6 Å². The molecule has 186 valence electrons. The molecule has 0 spiro atoms. The average Bonchev–Trinajstić information content (AvgIpc) is 3.16. The highest BCUT2D eigenvalue weighted by Gasteiger charge is 2.20. The van der Waals surface area contributed by atoms with Gasteiger partial charge in [-0.3, -0.25) is 9.59 Å². The number of ether oxygens (including phenoxy) is 4. The number of methoxy groups -OCH3 is 4. The number of benzene rings is 2. The molecular weight excluding hydrogens is 448 g/mol. The van der Waals surface area contributed by atoms with Crippen LogP contribution in [-0.4, -0.2) is 76.2 Å². The third-order valence-electron chi connectivity index (χ3n) is 5.77. The molecule has 35 heavy (non-hydrogen) atoms. The molecule has 1 aliphatic heterocycles. The summed E-state index contributed by atoms with van der Waals surface area (Å²) in [6.45, 7) is 2.15. The third kappa shape index (κ3) is 6.79. The topological polar surface area (TPSA) is 77.5 Å². The molecule has 0 aliphatic carbocycles. The van der Waals surface area contributed by atoms with Gasteiger partial charge in [0.15, 0.2) is 23.0 Å². The predicted molar refractivity (Wildman–Crippen MR) is 135 cm³/mol. The summed E-state index contributed by atoms with van der Waals surface area (Å²) >= 11 is 0. The molecule has 1 fully saturated rings. The normalized spacial score (nSPS) is 14.2. The second kappa shape index (κ2) is 12.5. The number of rotatable bonds is 8. The summed E-state index contributed by atoms with van der Waals surface area (Å²) in [6, 6.07) is 11.0. The highest BCUT2D eigenvalue weighted by Crippen LogP contribution is 2.29. The lowest BCUT2D eigenvalue weighted by atomic mass is 10.2. The van der Waals surface area contributed by atoms with Crippen molar-refractivity contribution in [3.8, 4) is 23.0 Å². The van der Waals surface area contributed by atoms with Crippen molar-refractivity contribution in [3.05, 3.63) is 59.7 Å². The van der Waals surface area contributed by atoms with E-state index in [-0.39, 0.29) is 11.8 Å². The van der Waals surface area contributed by atoms with Crippen molar-refractivity contribution < 1.29 is 28.5 Å². The summed E-state index contributed by atoms with van der Waals surface area (Å²) in [7, 11) is 6.31. The molecule has 8 nitrogen and oxygen atoms in total. The minimum Gasteiger partial charge on any atom is -0.493 e. The van der Waals surface area contributed by atoms with E-state index in [1.165, 1.54) is 0 Å². The zero-order valence-electron chi connectivity index (χ0n) is 20.7. The minimum absolute atomic E-state index is 0.0880. The van der Waals surface area contributed by atoms with Gasteiger partial charge in [0.25, 0.3) is 0 Å². The summed E-state index contributed by atoms with van der Waals surface area (Å²) < 4.78 is 21.1. The van der Waals surface area contributed by atoms with Crippen LogP contribution in [0.15, 0.2) is 48.6 Å². The number of nitrogens with zero attached hydrogens (tertiary/aromatic N) is 2. The quantitative estimate of drug-likeness (QED) is 0.538. The number of carbonyl (C=O) groups excluding carboxylic acids is 2. The summed E-state index contributed by atoms with van der Waals surface area (Å²) in [5.74, 6) is 2.30. The molecule has 8 heteroatoms. The molecule has 0 N–H and O–H groups in total. The Bertz CT molecular complexity index is 1010. The van der Waals surface area contributed by atoms with Crippen LogP contribution in [0.5, 0.6) is 23.0 Å². The smallest absolute Gasteiger partial charge is 0.246 e. The second-order valence-electron chi connectivity index (χ2n) is 7.90. The van der Waals surface area contributed by atoms with E-state index in [9.17, 15) is 9.59 Å². The van der Waals surface area contributed by atoms with Crippen LogP contribution in [0.25, 0.3) is 12.2 Å². The van der Waals surface area contributed by atoms with Crippen LogP contribution in [0.1, 0.15) is 17.5 Å². The Labute approximate surface area is 206 Å². The van der Waals surface area contributed by atoms with Crippen molar-refractivity contribution in [1.29, 1.82) is 0 Å². The fourth-order valence-electron chi connectivity index (χ4n) is 3.82. The average molecular weight is 481 g/mol. The van der Waals surface area contributed by atoms with E-state index in [1.54, 1.807) is 74.7 Å². The van der Waals surface area contributed by atoms with Crippen LogP contribution in [0.3, 0.4) is 0 Å². The summed E-state index contributed by atoms with van der Waals surface area (Å²) in [6.07, 6.45) is 7.32. The van der Waals surface area contributed by atoms with Crippen molar-refractivity contribution >= 4 is 24.0 Å². The third-order valence-corrected chi connectivity index (χ3v) is 5.77. The molecule has 3 rings (SSSR count). The van der Waals surface area contributed by atoms with Gasteiger partial charge >= 0.3 is 0 Å². The van der Waals surface area contributed by atoms with Crippen LogP contribution in [0, 0.1) is 0 Å². The zero-order chi connectivity index (χ0) is 25.2. The van der Waals surface area contributed by atoms with Crippen LogP contribution < -0.4 is 18.9 Å². The van der Waals surface area contributed by atoms with Gasteiger partial charge in [-0.2, -0.15) is 0 Å².